The van der Waals surface area contributed by atoms with E-state index < -0.39 is 18.4 Å². The first-order chi connectivity index (χ1) is 7.83. The molecule has 96 valence electrons. The highest BCUT2D eigenvalue weighted by Gasteiger charge is 2.27. The SMILES string of the molecule is CN(CCC(F)(F)F)c1ncc(F)cc1CCl. The largest absolute Gasteiger partial charge is 0.390 e. The molecule has 1 aromatic heterocycles. The van der Waals surface area contributed by atoms with Gasteiger partial charge < -0.3 is 4.90 Å². The minimum Gasteiger partial charge on any atom is -0.359 e. The van der Waals surface area contributed by atoms with E-state index in [0.29, 0.717) is 5.56 Å². The van der Waals surface area contributed by atoms with E-state index in [0.717, 1.165) is 6.20 Å². The van der Waals surface area contributed by atoms with E-state index in [1.165, 1.54) is 18.0 Å². The Morgan fingerprint density at radius 2 is 2.06 bits per heavy atom. The summed E-state index contributed by atoms with van der Waals surface area (Å²) in [6.45, 7) is -0.244. The molecule has 0 spiro atoms. The summed E-state index contributed by atoms with van der Waals surface area (Å²) in [4.78, 5) is 5.06. The molecule has 7 heteroatoms. The molecule has 0 amide bonds. The van der Waals surface area contributed by atoms with Gasteiger partial charge in [0.05, 0.1) is 18.5 Å². The third-order valence-corrected chi connectivity index (χ3v) is 2.43. The second kappa shape index (κ2) is 5.53. The first kappa shape index (κ1) is 14.0. The van der Waals surface area contributed by atoms with Crippen LogP contribution in [0.4, 0.5) is 23.4 Å². The van der Waals surface area contributed by atoms with Crippen LogP contribution < -0.4 is 4.90 Å². The smallest absolute Gasteiger partial charge is 0.359 e. The monoisotopic (exact) mass is 270 g/mol. The maximum Gasteiger partial charge on any atom is 0.390 e. The van der Waals surface area contributed by atoms with Crippen molar-refractivity contribution in [3.63, 3.8) is 0 Å². The fourth-order valence-electron chi connectivity index (χ4n) is 1.32. The Morgan fingerprint density at radius 1 is 1.41 bits per heavy atom. The highest BCUT2D eigenvalue weighted by molar-refractivity contribution is 6.17. The molecular weight excluding hydrogens is 260 g/mol. The van der Waals surface area contributed by atoms with Crippen molar-refractivity contribution in [1.29, 1.82) is 0 Å². The number of hydrogen-bond donors (Lipinski definition) is 0. The van der Waals surface area contributed by atoms with Gasteiger partial charge in [0.2, 0.25) is 0 Å². The van der Waals surface area contributed by atoms with E-state index in [2.05, 4.69) is 4.98 Å². The topological polar surface area (TPSA) is 16.1 Å². The standard InChI is InChI=1S/C10H11ClF4N2/c1-17(3-2-10(13,14)15)9-7(5-11)4-8(12)6-16-9/h4,6H,2-3,5H2,1H3. The summed E-state index contributed by atoms with van der Waals surface area (Å²) in [7, 11) is 1.46. The quantitative estimate of drug-likeness (QED) is 0.616. The molecule has 0 saturated carbocycles. The van der Waals surface area contributed by atoms with Crippen LogP contribution in [0.5, 0.6) is 0 Å². The lowest BCUT2D eigenvalue weighted by molar-refractivity contribution is -0.132. The van der Waals surface area contributed by atoms with Gasteiger partial charge in [-0.25, -0.2) is 9.37 Å². The van der Waals surface area contributed by atoms with E-state index >= 15 is 0 Å². The molecule has 0 N–H and O–H groups in total. The third-order valence-electron chi connectivity index (χ3n) is 2.15. The van der Waals surface area contributed by atoms with Crippen molar-refractivity contribution in [3.8, 4) is 0 Å². The summed E-state index contributed by atoms with van der Waals surface area (Å²) in [5.41, 5.74) is 0.372. The lowest BCUT2D eigenvalue weighted by Crippen LogP contribution is -2.25. The Labute approximate surface area is 101 Å². The second-order valence-electron chi connectivity index (χ2n) is 3.56. The van der Waals surface area contributed by atoms with Gasteiger partial charge in [-0.15, -0.1) is 11.6 Å². The average Bonchev–Trinajstić information content (AvgIpc) is 2.24. The van der Waals surface area contributed by atoms with Crippen LogP contribution in [0.15, 0.2) is 12.3 Å². The number of pyridine rings is 1. The fraction of sp³-hybridized carbons (Fsp3) is 0.500. The number of halogens is 5. The zero-order chi connectivity index (χ0) is 13.1. The molecule has 1 heterocycles. The lowest BCUT2D eigenvalue weighted by Gasteiger charge is -2.21. The van der Waals surface area contributed by atoms with Gasteiger partial charge in [0.25, 0.3) is 0 Å². The predicted molar refractivity (Wildman–Crippen MR) is 57.7 cm³/mol. The minimum atomic E-state index is -4.23. The number of nitrogens with zero attached hydrogens (tertiary/aromatic N) is 2. The van der Waals surface area contributed by atoms with E-state index in [1.807, 2.05) is 0 Å². The number of rotatable bonds is 4. The zero-order valence-corrected chi connectivity index (χ0v) is 9.82. The summed E-state index contributed by atoms with van der Waals surface area (Å²) in [6.07, 6.45) is -4.23. The molecule has 0 fully saturated rings. The van der Waals surface area contributed by atoms with Crippen molar-refractivity contribution >= 4 is 17.4 Å². The van der Waals surface area contributed by atoms with Gasteiger partial charge in [0.1, 0.15) is 11.6 Å². The molecule has 0 aliphatic heterocycles. The van der Waals surface area contributed by atoms with Crippen molar-refractivity contribution in [1.82, 2.24) is 4.98 Å². The Hall–Kier alpha value is -1.04. The molecular formula is C10H11ClF4N2. The average molecular weight is 271 g/mol. The van der Waals surface area contributed by atoms with Gasteiger partial charge in [-0.2, -0.15) is 13.2 Å². The molecule has 1 aromatic rings. The van der Waals surface area contributed by atoms with Crippen LogP contribution in [0.25, 0.3) is 0 Å². The van der Waals surface area contributed by atoms with Gasteiger partial charge in [0, 0.05) is 19.2 Å². The molecule has 0 saturated heterocycles. The highest BCUT2D eigenvalue weighted by atomic mass is 35.5. The van der Waals surface area contributed by atoms with Crippen molar-refractivity contribution in [2.45, 2.75) is 18.5 Å². The van der Waals surface area contributed by atoms with Crippen LogP contribution in [-0.2, 0) is 5.88 Å². The summed E-state index contributed by atoms with van der Waals surface area (Å²) in [6, 6.07) is 1.17. The summed E-state index contributed by atoms with van der Waals surface area (Å²) < 4.78 is 49.0. The summed E-state index contributed by atoms with van der Waals surface area (Å²) in [5, 5.41) is 0. The highest BCUT2D eigenvalue weighted by Crippen LogP contribution is 2.23. The number of alkyl halides is 4. The molecule has 0 bridgehead atoms. The Balaban J connectivity index is 2.78. The summed E-state index contributed by atoms with van der Waals surface area (Å²) in [5.74, 6) is -0.296. The molecule has 0 aliphatic rings. The second-order valence-corrected chi connectivity index (χ2v) is 3.82. The molecule has 0 unspecified atom stereocenters. The van der Waals surface area contributed by atoms with E-state index in [1.54, 1.807) is 0 Å². The lowest BCUT2D eigenvalue weighted by atomic mass is 10.2. The number of anilines is 1. The molecule has 0 radical (unpaired) electrons. The molecule has 2 nitrogen and oxygen atoms in total. The molecule has 17 heavy (non-hydrogen) atoms. The normalized spacial score (nSPS) is 11.6. The first-order valence-electron chi connectivity index (χ1n) is 4.82. The van der Waals surface area contributed by atoms with Crippen LogP contribution in [0, 0.1) is 5.82 Å². The first-order valence-corrected chi connectivity index (χ1v) is 5.35. The van der Waals surface area contributed by atoms with Crippen LogP contribution in [0.1, 0.15) is 12.0 Å². The van der Waals surface area contributed by atoms with Crippen molar-refractivity contribution in [3.05, 3.63) is 23.6 Å². The van der Waals surface area contributed by atoms with Gasteiger partial charge in [-0.05, 0) is 6.07 Å². The number of aromatic nitrogens is 1. The molecule has 0 atom stereocenters. The molecule has 1 rings (SSSR count). The maximum absolute atomic E-state index is 12.9. The van der Waals surface area contributed by atoms with Crippen molar-refractivity contribution in [2.24, 2.45) is 0 Å². The van der Waals surface area contributed by atoms with Crippen molar-refractivity contribution < 1.29 is 17.6 Å². The Kier molecular flexibility index (Phi) is 4.56. The number of hydrogen-bond acceptors (Lipinski definition) is 2. The predicted octanol–water partition coefficient (Wildman–Crippen LogP) is 3.35. The minimum absolute atomic E-state index is 0.00352. The van der Waals surface area contributed by atoms with Crippen LogP contribution in [0.2, 0.25) is 0 Å². The van der Waals surface area contributed by atoms with Gasteiger partial charge in [-0.1, -0.05) is 0 Å². The fourth-order valence-corrected chi connectivity index (χ4v) is 1.51. The Morgan fingerprint density at radius 3 is 2.59 bits per heavy atom. The summed E-state index contributed by atoms with van der Waals surface area (Å²) >= 11 is 5.58. The van der Waals surface area contributed by atoms with Crippen LogP contribution >= 0.6 is 11.6 Å². The van der Waals surface area contributed by atoms with Gasteiger partial charge in [-0.3, -0.25) is 0 Å². The van der Waals surface area contributed by atoms with E-state index in [4.69, 9.17) is 11.6 Å². The van der Waals surface area contributed by atoms with Crippen LogP contribution in [0.3, 0.4) is 0 Å². The third kappa shape index (κ3) is 4.38. The zero-order valence-electron chi connectivity index (χ0n) is 9.06. The molecule has 0 aliphatic carbocycles. The van der Waals surface area contributed by atoms with E-state index in [9.17, 15) is 17.6 Å². The van der Waals surface area contributed by atoms with Crippen molar-refractivity contribution in [2.75, 3.05) is 18.5 Å². The van der Waals surface area contributed by atoms with Crippen LogP contribution in [-0.4, -0.2) is 24.8 Å². The van der Waals surface area contributed by atoms with Gasteiger partial charge >= 0.3 is 6.18 Å². The van der Waals surface area contributed by atoms with E-state index in [-0.39, 0.29) is 18.2 Å². The maximum atomic E-state index is 12.9. The Bertz CT molecular complexity index is 381. The van der Waals surface area contributed by atoms with Gasteiger partial charge in [0.15, 0.2) is 0 Å². The molecule has 0 aromatic carbocycles.